The van der Waals surface area contributed by atoms with Crippen molar-refractivity contribution in [3.05, 3.63) is 83.7 Å². The van der Waals surface area contributed by atoms with Crippen LogP contribution >= 0.6 is 11.3 Å². The second-order valence-corrected chi connectivity index (χ2v) is 11.9. The molecule has 0 N–H and O–H groups in total. The quantitative estimate of drug-likeness (QED) is 0.346. The van der Waals surface area contributed by atoms with Crippen LogP contribution < -0.4 is 4.90 Å². The number of pyridine rings is 1. The Morgan fingerprint density at radius 3 is 2.68 bits per heavy atom. The minimum atomic E-state index is -3.78. The second-order valence-electron chi connectivity index (χ2n) is 8.99. The topological polar surface area (TPSA) is 83.5 Å². The van der Waals surface area contributed by atoms with Gasteiger partial charge in [0.05, 0.1) is 27.8 Å². The third-order valence-corrected chi connectivity index (χ3v) is 9.24. The van der Waals surface area contributed by atoms with Gasteiger partial charge in [-0.2, -0.15) is 4.31 Å². The molecule has 2 aromatic heterocycles. The summed E-state index contributed by atoms with van der Waals surface area (Å²) in [4.78, 5) is 24.1. The predicted molar refractivity (Wildman–Crippen MR) is 138 cm³/mol. The lowest BCUT2D eigenvalue weighted by Gasteiger charge is -2.33. The molecule has 4 aromatic rings. The first-order chi connectivity index (χ1) is 17.7. The summed E-state index contributed by atoms with van der Waals surface area (Å²) in [5.74, 6) is -2.51. The molecular formula is C26H24F2N4O3S2. The standard InChI is InChI=1S/C26H24F2N4O3S2/c1-17-7-9-21(10-8-17)37(34,35)31-12-4-5-18(15-31)25(33)32(16-20-6-2-3-11-29-20)26-30-24-22(28)13-19(27)14-23(24)36-26/h2-3,6-11,13-14,18H,4-5,12,15-16H2,1H3. The van der Waals surface area contributed by atoms with Crippen LogP contribution in [0.1, 0.15) is 24.1 Å². The lowest BCUT2D eigenvalue weighted by molar-refractivity contribution is -0.123. The number of aromatic nitrogens is 2. The number of aryl methyl sites for hydroxylation is 1. The lowest BCUT2D eigenvalue weighted by Crippen LogP contribution is -2.46. The highest BCUT2D eigenvalue weighted by Gasteiger charge is 2.36. The molecule has 2 aromatic carbocycles. The van der Waals surface area contributed by atoms with Gasteiger partial charge in [-0.1, -0.05) is 35.1 Å². The summed E-state index contributed by atoms with van der Waals surface area (Å²) in [6.45, 7) is 2.27. The molecule has 37 heavy (non-hydrogen) atoms. The van der Waals surface area contributed by atoms with E-state index in [2.05, 4.69) is 9.97 Å². The molecule has 0 spiro atoms. The maximum Gasteiger partial charge on any atom is 0.243 e. The minimum absolute atomic E-state index is 0.0155. The summed E-state index contributed by atoms with van der Waals surface area (Å²) >= 11 is 1.00. The Morgan fingerprint density at radius 2 is 1.95 bits per heavy atom. The molecule has 1 aliphatic heterocycles. The van der Waals surface area contributed by atoms with E-state index >= 15 is 0 Å². The number of anilines is 1. The van der Waals surface area contributed by atoms with Crippen molar-refractivity contribution in [2.75, 3.05) is 18.0 Å². The number of carbonyl (C=O) groups excluding carboxylic acids is 1. The zero-order valence-corrected chi connectivity index (χ0v) is 21.6. The van der Waals surface area contributed by atoms with Crippen molar-refractivity contribution >= 4 is 42.6 Å². The van der Waals surface area contributed by atoms with E-state index in [0.717, 1.165) is 23.0 Å². The number of rotatable bonds is 6. The van der Waals surface area contributed by atoms with Crippen LogP contribution in [-0.4, -0.2) is 41.7 Å². The first-order valence-corrected chi connectivity index (χ1v) is 14.0. The lowest BCUT2D eigenvalue weighted by atomic mass is 9.98. The zero-order chi connectivity index (χ0) is 26.2. The molecule has 11 heteroatoms. The number of thiazole rings is 1. The molecule has 1 fully saturated rings. The van der Waals surface area contributed by atoms with Gasteiger partial charge in [-0.15, -0.1) is 0 Å². The predicted octanol–water partition coefficient (Wildman–Crippen LogP) is 4.91. The Bertz CT molecular complexity index is 1540. The highest BCUT2D eigenvalue weighted by molar-refractivity contribution is 7.89. The van der Waals surface area contributed by atoms with Crippen LogP contribution in [0.4, 0.5) is 13.9 Å². The number of piperidine rings is 1. The number of hydrogen-bond acceptors (Lipinski definition) is 6. The number of benzene rings is 2. The molecule has 1 atom stereocenters. The van der Waals surface area contributed by atoms with Crippen molar-refractivity contribution in [2.24, 2.45) is 5.92 Å². The Balaban J connectivity index is 1.46. The smallest absolute Gasteiger partial charge is 0.243 e. The molecular weight excluding hydrogens is 518 g/mol. The van der Waals surface area contributed by atoms with E-state index in [4.69, 9.17) is 0 Å². The van der Waals surface area contributed by atoms with Crippen LogP contribution in [-0.2, 0) is 21.4 Å². The van der Waals surface area contributed by atoms with E-state index in [0.29, 0.717) is 25.1 Å². The SMILES string of the molecule is Cc1ccc(S(=O)(=O)N2CCCC(C(=O)N(Cc3ccccn3)c3nc4c(F)cc(F)cc4s3)C2)cc1. The van der Waals surface area contributed by atoms with E-state index < -0.39 is 27.6 Å². The molecule has 1 saturated heterocycles. The van der Waals surface area contributed by atoms with Gasteiger partial charge in [0.2, 0.25) is 15.9 Å². The summed E-state index contributed by atoms with van der Waals surface area (Å²) in [5, 5.41) is 0.202. The number of nitrogens with zero attached hydrogens (tertiary/aromatic N) is 4. The Kier molecular flexibility index (Phi) is 7.02. The fourth-order valence-corrected chi connectivity index (χ4v) is 6.93. The van der Waals surface area contributed by atoms with Crippen LogP contribution in [0.3, 0.4) is 0 Å². The zero-order valence-electron chi connectivity index (χ0n) is 20.0. The summed E-state index contributed by atoms with van der Waals surface area (Å²) in [7, 11) is -3.78. The molecule has 1 amide bonds. The van der Waals surface area contributed by atoms with Crippen LogP contribution in [0, 0.1) is 24.5 Å². The second kappa shape index (κ2) is 10.2. The Hall–Kier alpha value is -3.28. The van der Waals surface area contributed by atoms with Gasteiger partial charge in [-0.3, -0.25) is 14.7 Å². The van der Waals surface area contributed by atoms with Gasteiger partial charge in [-0.05, 0) is 50.1 Å². The van der Waals surface area contributed by atoms with Crippen molar-refractivity contribution in [3.8, 4) is 0 Å². The maximum atomic E-state index is 14.4. The Morgan fingerprint density at radius 1 is 1.16 bits per heavy atom. The first-order valence-electron chi connectivity index (χ1n) is 11.8. The van der Waals surface area contributed by atoms with E-state index in [1.165, 1.54) is 15.3 Å². The summed E-state index contributed by atoms with van der Waals surface area (Å²) in [6, 6.07) is 13.8. The molecule has 1 unspecified atom stereocenters. The van der Waals surface area contributed by atoms with Gasteiger partial charge in [0, 0.05) is 25.4 Å². The number of sulfonamides is 1. The summed E-state index contributed by atoms with van der Waals surface area (Å²) < 4.78 is 56.4. The summed E-state index contributed by atoms with van der Waals surface area (Å²) in [6.07, 6.45) is 2.60. The van der Waals surface area contributed by atoms with Crippen LogP contribution in [0.15, 0.2) is 65.7 Å². The van der Waals surface area contributed by atoms with E-state index in [1.807, 2.05) is 6.92 Å². The number of hydrogen-bond donors (Lipinski definition) is 0. The molecule has 0 bridgehead atoms. The van der Waals surface area contributed by atoms with E-state index in [9.17, 15) is 22.0 Å². The molecule has 0 radical (unpaired) electrons. The van der Waals surface area contributed by atoms with Crippen LogP contribution in [0.5, 0.6) is 0 Å². The minimum Gasteiger partial charge on any atom is -0.282 e. The van der Waals surface area contributed by atoms with Gasteiger partial charge >= 0.3 is 0 Å². The molecule has 0 saturated carbocycles. The largest absolute Gasteiger partial charge is 0.282 e. The molecule has 3 heterocycles. The maximum absolute atomic E-state index is 14.4. The fourth-order valence-electron chi connectivity index (χ4n) is 4.40. The van der Waals surface area contributed by atoms with Crippen LogP contribution in [0.2, 0.25) is 0 Å². The normalized spacial score (nSPS) is 16.7. The van der Waals surface area contributed by atoms with Gasteiger partial charge in [0.25, 0.3) is 0 Å². The third kappa shape index (κ3) is 5.25. The number of fused-ring (bicyclic) bond motifs is 1. The monoisotopic (exact) mass is 542 g/mol. The summed E-state index contributed by atoms with van der Waals surface area (Å²) in [5.41, 5.74) is 1.51. The molecule has 0 aliphatic carbocycles. The number of carbonyl (C=O) groups is 1. The average molecular weight is 543 g/mol. The van der Waals surface area contributed by atoms with Crippen molar-refractivity contribution < 1.29 is 22.0 Å². The molecule has 7 nitrogen and oxygen atoms in total. The van der Waals surface area contributed by atoms with Crippen LogP contribution in [0.25, 0.3) is 10.2 Å². The van der Waals surface area contributed by atoms with Crippen molar-refractivity contribution in [1.29, 1.82) is 0 Å². The van der Waals surface area contributed by atoms with Crippen molar-refractivity contribution in [2.45, 2.75) is 31.2 Å². The molecule has 192 valence electrons. The highest BCUT2D eigenvalue weighted by atomic mass is 32.2. The van der Waals surface area contributed by atoms with Gasteiger partial charge in [0.1, 0.15) is 11.3 Å². The Labute approximate surface area is 217 Å². The first kappa shape index (κ1) is 25.4. The fraction of sp³-hybridized carbons (Fsp3) is 0.269. The van der Waals surface area contributed by atoms with E-state index in [1.54, 1.807) is 48.7 Å². The number of amides is 1. The van der Waals surface area contributed by atoms with Gasteiger partial charge < -0.3 is 0 Å². The van der Waals surface area contributed by atoms with Gasteiger partial charge in [-0.25, -0.2) is 22.2 Å². The average Bonchev–Trinajstić information content (AvgIpc) is 3.32. The third-order valence-electron chi connectivity index (χ3n) is 6.34. The van der Waals surface area contributed by atoms with Gasteiger partial charge in [0.15, 0.2) is 10.9 Å². The van der Waals surface area contributed by atoms with Crippen molar-refractivity contribution in [1.82, 2.24) is 14.3 Å². The highest BCUT2D eigenvalue weighted by Crippen LogP contribution is 2.34. The molecule has 1 aliphatic rings. The van der Waals surface area contributed by atoms with Crippen molar-refractivity contribution in [3.63, 3.8) is 0 Å². The number of halogens is 2. The van der Waals surface area contributed by atoms with E-state index in [-0.39, 0.29) is 39.2 Å². The molecule has 5 rings (SSSR count).